The number of hydrogen-bond acceptors (Lipinski definition) is 2. The van der Waals surface area contributed by atoms with E-state index < -0.39 is 0 Å². The molecule has 0 unspecified atom stereocenters. The molecule has 0 fully saturated rings. The number of amides is 1. The molecular weight excluding hydrogens is 255 g/mol. The second kappa shape index (κ2) is 6.19. The fourth-order valence-corrected chi connectivity index (χ4v) is 1.80. The minimum absolute atomic E-state index is 0.207. The van der Waals surface area contributed by atoms with Crippen LogP contribution in [0.5, 0.6) is 0 Å². The Balaban J connectivity index is 1.94. The van der Waals surface area contributed by atoms with Gasteiger partial charge in [0, 0.05) is 31.9 Å². The minimum atomic E-state index is -0.346. The molecule has 2 aromatic rings. The van der Waals surface area contributed by atoms with E-state index in [9.17, 15) is 9.18 Å². The van der Waals surface area contributed by atoms with Gasteiger partial charge in [-0.15, -0.1) is 0 Å². The van der Waals surface area contributed by atoms with E-state index in [1.54, 1.807) is 0 Å². The average molecular weight is 272 g/mol. The van der Waals surface area contributed by atoms with Crippen molar-refractivity contribution in [3.8, 4) is 0 Å². The molecule has 1 N–H and O–H groups in total. The maximum absolute atomic E-state index is 12.8. The number of nitrogens with zero attached hydrogens (tertiary/aromatic N) is 1. The summed E-state index contributed by atoms with van der Waals surface area (Å²) in [5, 5.41) is 2.81. The van der Waals surface area contributed by atoms with Crippen LogP contribution >= 0.6 is 0 Å². The van der Waals surface area contributed by atoms with Crippen molar-refractivity contribution in [1.29, 1.82) is 0 Å². The number of carbonyl (C=O) groups excluding carboxylic acids is 1. The van der Waals surface area contributed by atoms with Crippen molar-refractivity contribution in [3.63, 3.8) is 0 Å². The van der Waals surface area contributed by atoms with E-state index in [2.05, 4.69) is 5.32 Å². The van der Waals surface area contributed by atoms with Gasteiger partial charge in [0.2, 0.25) is 0 Å². The summed E-state index contributed by atoms with van der Waals surface area (Å²) in [5.74, 6) is -0.553. The van der Waals surface area contributed by atoms with Crippen molar-refractivity contribution in [2.45, 2.75) is 6.54 Å². The highest BCUT2D eigenvalue weighted by atomic mass is 19.1. The molecule has 0 atom stereocenters. The number of halogens is 1. The smallest absolute Gasteiger partial charge is 0.251 e. The Morgan fingerprint density at radius 2 is 1.65 bits per heavy atom. The van der Waals surface area contributed by atoms with Gasteiger partial charge in [0.25, 0.3) is 5.91 Å². The van der Waals surface area contributed by atoms with E-state index in [-0.39, 0.29) is 11.7 Å². The number of carbonyl (C=O) groups is 1. The van der Waals surface area contributed by atoms with Crippen molar-refractivity contribution in [2.75, 3.05) is 19.0 Å². The topological polar surface area (TPSA) is 32.3 Å². The fraction of sp³-hybridized carbons (Fsp3) is 0.188. The molecular formula is C16H17FN2O. The average Bonchev–Trinajstić information content (AvgIpc) is 2.46. The van der Waals surface area contributed by atoms with E-state index in [1.807, 2.05) is 43.3 Å². The van der Waals surface area contributed by atoms with Gasteiger partial charge >= 0.3 is 0 Å². The molecule has 104 valence electrons. The number of anilines is 1. The first kappa shape index (κ1) is 14.1. The summed E-state index contributed by atoms with van der Waals surface area (Å²) in [6.07, 6.45) is 0. The van der Waals surface area contributed by atoms with Gasteiger partial charge in [-0.25, -0.2) is 4.39 Å². The van der Waals surface area contributed by atoms with Crippen molar-refractivity contribution in [1.82, 2.24) is 5.32 Å². The third kappa shape index (κ3) is 3.57. The predicted octanol–water partition coefficient (Wildman–Crippen LogP) is 2.82. The van der Waals surface area contributed by atoms with Crippen LogP contribution in [0.3, 0.4) is 0 Å². The van der Waals surface area contributed by atoms with Crippen molar-refractivity contribution < 1.29 is 9.18 Å². The van der Waals surface area contributed by atoms with E-state index in [0.717, 1.165) is 11.3 Å². The van der Waals surface area contributed by atoms with E-state index in [4.69, 9.17) is 0 Å². The van der Waals surface area contributed by atoms with Crippen LogP contribution in [0.1, 0.15) is 15.9 Å². The maximum Gasteiger partial charge on any atom is 0.251 e. The van der Waals surface area contributed by atoms with Crippen molar-refractivity contribution in [3.05, 3.63) is 65.5 Å². The van der Waals surface area contributed by atoms with Crippen LogP contribution in [0.4, 0.5) is 10.1 Å². The predicted molar refractivity (Wildman–Crippen MR) is 78.3 cm³/mol. The Morgan fingerprint density at radius 1 is 1.05 bits per heavy atom. The Morgan fingerprint density at radius 3 is 2.20 bits per heavy atom. The second-order valence-electron chi connectivity index (χ2n) is 4.75. The van der Waals surface area contributed by atoms with Crippen LogP contribution in [0.2, 0.25) is 0 Å². The highest BCUT2D eigenvalue weighted by Crippen LogP contribution is 2.12. The first-order valence-electron chi connectivity index (χ1n) is 6.36. The van der Waals surface area contributed by atoms with Crippen LogP contribution in [0.25, 0.3) is 0 Å². The van der Waals surface area contributed by atoms with Gasteiger partial charge in [0.05, 0.1) is 0 Å². The normalized spacial score (nSPS) is 10.2. The van der Waals surface area contributed by atoms with Crippen LogP contribution in [-0.4, -0.2) is 20.0 Å². The summed E-state index contributed by atoms with van der Waals surface area (Å²) in [5.41, 5.74) is 2.58. The molecule has 0 aliphatic rings. The zero-order chi connectivity index (χ0) is 14.5. The van der Waals surface area contributed by atoms with Crippen LogP contribution in [0.15, 0.2) is 48.5 Å². The Hall–Kier alpha value is -2.36. The molecule has 20 heavy (non-hydrogen) atoms. The molecule has 2 rings (SSSR count). The zero-order valence-corrected chi connectivity index (χ0v) is 11.6. The molecule has 0 aliphatic heterocycles. The van der Waals surface area contributed by atoms with Gasteiger partial charge in [-0.05, 0) is 42.0 Å². The highest BCUT2D eigenvalue weighted by molar-refractivity contribution is 5.94. The Bertz CT molecular complexity index is 576. The molecule has 0 spiro atoms. The standard InChI is InChI=1S/C16H17FN2O/c1-19(2)15-9-3-12(4-10-15)11-18-16(20)13-5-7-14(17)8-6-13/h3-10H,11H2,1-2H3,(H,18,20). The minimum Gasteiger partial charge on any atom is -0.378 e. The molecule has 1 amide bonds. The van der Waals surface area contributed by atoms with E-state index in [1.165, 1.54) is 24.3 Å². The summed E-state index contributed by atoms with van der Waals surface area (Å²) in [4.78, 5) is 13.9. The molecule has 0 aromatic heterocycles. The van der Waals surface area contributed by atoms with Crippen molar-refractivity contribution >= 4 is 11.6 Å². The summed E-state index contributed by atoms with van der Waals surface area (Å²) < 4.78 is 12.8. The molecule has 0 saturated heterocycles. The molecule has 3 nitrogen and oxygen atoms in total. The molecule has 0 saturated carbocycles. The first-order valence-corrected chi connectivity index (χ1v) is 6.36. The Kier molecular flexibility index (Phi) is 4.35. The number of benzene rings is 2. The van der Waals surface area contributed by atoms with Gasteiger partial charge in [-0.2, -0.15) is 0 Å². The van der Waals surface area contributed by atoms with Crippen LogP contribution in [-0.2, 0) is 6.54 Å². The lowest BCUT2D eigenvalue weighted by molar-refractivity contribution is 0.0951. The molecule has 0 radical (unpaired) electrons. The summed E-state index contributed by atoms with van der Waals surface area (Å²) in [6, 6.07) is 13.4. The van der Waals surface area contributed by atoms with Gasteiger partial charge in [-0.1, -0.05) is 12.1 Å². The van der Waals surface area contributed by atoms with E-state index in [0.29, 0.717) is 12.1 Å². The SMILES string of the molecule is CN(C)c1ccc(CNC(=O)c2ccc(F)cc2)cc1. The third-order valence-electron chi connectivity index (χ3n) is 3.01. The van der Waals surface area contributed by atoms with E-state index >= 15 is 0 Å². The molecule has 0 heterocycles. The molecule has 2 aromatic carbocycles. The van der Waals surface area contributed by atoms with Crippen LogP contribution < -0.4 is 10.2 Å². The Labute approximate surface area is 118 Å². The van der Waals surface area contributed by atoms with Gasteiger partial charge in [-0.3, -0.25) is 4.79 Å². The number of rotatable bonds is 4. The molecule has 0 bridgehead atoms. The van der Waals surface area contributed by atoms with Crippen LogP contribution in [0, 0.1) is 5.82 Å². The summed E-state index contributed by atoms with van der Waals surface area (Å²) in [6.45, 7) is 0.448. The fourth-order valence-electron chi connectivity index (χ4n) is 1.80. The first-order chi connectivity index (χ1) is 9.56. The monoisotopic (exact) mass is 272 g/mol. The summed E-state index contributed by atoms with van der Waals surface area (Å²) in [7, 11) is 3.95. The largest absolute Gasteiger partial charge is 0.378 e. The molecule has 4 heteroatoms. The highest BCUT2D eigenvalue weighted by Gasteiger charge is 2.05. The summed E-state index contributed by atoms with van der Waals surface area (Å²) >= 11 is 0. The van der Waals surface area contributed by atoms with Crippen molar-refractivity contribution in [2.24, 2.45) is 0 Å². The van der Waals surface area contributed by atoms with Gasteiger partial charge in [0.1, 0.15) is 5.82 Å². The second-order valence-corrected chi connectivity index (χ2v) is 4.75. The lowest BCUT2D eigenvalue weighted by atomic mass is 10.1. The van der Waals surface area contributed by atoms with Gasteiger partial charge < -0.3 is 10.2 Å². The van der Waals surface area contributed by atoms with Gasteiger partial charge in [0.15, 0.2) is 0 Å². The zero-order valence-electron chi connectivity index (χ0n) is 11.6. The number of hydrogen-bond donors (Lipinski definition) is 1. The lowest BCUT2D eigenvalue weighted by Crippen LogP contribution is -2.22. The third-order valence-corrected chi connectivity index (χ3v) is 3.01. The molecule has 0 aliphatic carbocycles. The lowest BCUT2D eigenvalue weighted by Gasteiger charge is -2.13. The maximum atomic E-state index is 12.8. The quantitative estimate of drug-likeness (QED) is 0.928. The number of nitrogens with one attached hydrogen (secondary N) is 1.